The predicted molar refractivity (Wildman–Crippen MR) is 139 cm³/mol. The zero-order chi connectivity index (χ0) is 26.5. The smallest absolute Gasteiger partial charge is 0.318 e. The highest BCUT2D eigenvalue weighted by Crippen LogP contribution is 2.14. The number of aliphatic hydroxyl groups excluding tert-OH is 1. The number of amides is 3. The largest absolute Gasteiger partial charge is 0.395 e. The van der Waals surface area contributed by atoms with Crippen LogP contribution in [-0.4, -0.2) is 64.1 Å². The van der Waals surface area contributed by atoms with Crippen LogP contribution in [0.3, 0.4) is 0 Å². The van der Waals surface area contributed by atoms with Crippen molar-refractivity contribution < 1.29 is 19.6 Å². The highest BCUT2D eigenvalue weighted by atomic mass is 16.6. The SMILES string of the molecule is O=C(NCCc1ccccn1)[C@H](Cc1ccc([N+](=O)[O-])cc1)NC(=O)N(CCO)CCc1ccccc1. The van der Waals surface area contributed by atoms with Crippen LogP contribution in [0.4, 0.5) is 10.5 Å². The summed E-state index contributed by atoms with van der Waals surface area (Å²) < 4.78 is 0. The summed E-state index contributed by atoms with van der Waals surface area (Å²) in [6.07, 6.45) is 2.95. The average Bonchev–Trinajstić information content (AvgIpc) is 2.92. The molecular weight excluding hydrogens is 474 g/mol. The normalized spacial score (nSPS) is 11.4. The minimum Gasteiger partial charge on any atom is -0.395 e. The Labute approximate surface area is 215 Å². The molecule has 0 aliphatic rings. The van der Waals surface area contributed by atoms with E-state index in [2.05, 4.69) is 15.6 Å². The van der Waals surface area contributed by atoms with E-state index in [0.29, 0.717) is 31.5 Å². The number of non-ortho nitro benzene ring substituents is 1. The van der Waals surface area contributed by atoms with Crippen molar-refractivity contribution in [1.29, 1.82) is 0 Å². The average molecular weight is 506 g/mol. The second-order valence-electron chi connectivity index (χ2n) is 8.44. The first-order valence-electron chi connectivity index (χ1n) is 12.1. The van der Waals surface area contributed by atoms with E-state index in [9.17, 15) is 24.8 Å². The van der Waals surface area contributed by atoms with Crippen LogP contribution in [-0.2, 0) is 24.1 Å². The van der Waals surface area contributed by atoms with Gasteiger partial charge < -0.3 is 20.6 Å². The van der Waals surface area contributed by atoms with Crippen molar-refractivity contribution in [3.8, 4) is 0 Å². The Kier molecular flexibility index (Phi) is 10.5. The Balaban J connectivity index is 1.68. The number of carbonyl (C=O) groups excluding carboxylic acids is 2. The number of carbonyl (C=O) groups is 2. The van der Waals surface area contributed by atoms with Gasteiger partial charge in [0.15, 0.2) is 0 Å². The van der Waals surface area contributed by atoms with E-state index in [1.807, 2.05) is 48.5 Å². The van der Waals surface area contributed by atoms with Gasteiger partial charge in [0.25, 0.3) is 5.69 Å². The fraction of sp³-hybridized carbons (Fsp3) is 0.296. The van der Waals surface area contributed by atoms with Gasteiger partial charge in [-0.2, -0.15) is 0 Å². The molecule has 0 bridgehead atoms. The Hall–Kier alpha value is -4.31. The van der Waals surface area contributed by atoms with Crippen LogP contribution in [0.2, 0.25) is 0 Å². The molecule has 3 amide bonds. The summed E-state index contributed by atoms with van der Waals surface area (Å²) >= 11 is 0. The second-order valence-corrected chi connectivity index (χ2v) is 8.44. The van der Waals surface area contributed by atoms with Crippen molar-refractivity contribution in [1.82, 2.24) is 20.5 Å². The van der Waals surface area contributed by atoms with E-state index in [-0.39, 0.29) is 31.2 Å². The van der Waals surface area contributed by atoms with E-state index < -0.39 is 17.0 Å². The van der Waals surface area contributed by atoms with Gasteiger partial charge in [0, 0.05) is 56.5 Å². The summed E-state index contributed by atoms with van der Waals surface area (Å²) in [5.41, 5.74) is 2.48. The lowest BCUT2D eigenvalue weighted by molar-refractivity contribution is -0.384. The molecule has 3 N–H and O–H groups in total. The molecule has 2 aromatic carbocycles. The summed E-state index contributed by atoms with van der Waals surface area (Å²) in [7, 11) is 0. The van der Waals surface area contributed by atoms with E-state index in [1.165, 1.54) is 17.0 Å². The summed E-state index contributed by atoms with van der Waals surface area (Å²) in [6.45, 7) is 0.592. The van der Waals surface area contributed by atoms with Crippen molar-refractivity contribution in [2.45, 2.75) is 25.3 Å². The number of rotatable bonds is 13. The molecule has 0 saturated heterocycles. The number of hydrogen-bond donors (Lipinski definition) is 3. The van der Waals surface area contributed by atoms with E-state index >= 15 is 0 Å². The van der Waals surface area contributed by atoms with E-state index in [4.69, 9.17) is 0 Å². The zero-order valence-electron chi connectivity index (χ0n) is 20.5. The molecule has 0 spiro atoms. The van der Waals surface area contributed by atoms with Gasteiger partial charge in [-0.3, -0.25) is 19.9 Å². The number of nitro groups is 1. The maximum Gasteiger partial charge on any atom is 0.318 e. The summed E-state index contributed by atoms with van der Waals surface area (Å²) in [6, 6.07) is 19.7. The summed E-state index contributed by atoms with van der Waals surface area (Å²) in [5.74, 6) is -0.380. The van der Waals surface area contributed by atoms with Gasteiger partial charge in [0.2, 0.25) is 5.91 Å². The van der Waals surface area contributed by atoms with Crippen molar-refractivity contribution in [2.24, 2.45) is 0 Å². The molecule has 1 atom stereocenters. The lowest BCUT2D eigenvalue weighted by Gasteiger charge is -2.26. The van der Waals surface area contributed by atoms with Gasteiger partial charge in [0.1, 0.15) is 6.04 Å². The lowest BCUT2D eigenvalue weighted by atomic mass is 10.0. The van der Waals surface area contributed by atoms with Crippen molar-refractivity contribution >= 4 is 17.6 Å². The van der Waals surface area contributed by atoms with Crippen LogP contribution in [0.1, 0.15) is 16.8 Å². The number of aromatic nitrogens is 1. The van der Waals surface area contributed by atoms with E-state index in [0.717, 1.165) is 11.3 Å². The zero-order valence-corrected chi connectivity index (χ0v) is 20.5. The number of benzene rings is 2. The predicted octanol–water partition coefficient (Wildman–Crippen LogP) is 2.51. The maximum atomic E-state index is 13.1. The monoisotopic (exact) mass is 505 g/mol. The van der Waals surface area contributed by atoms with Crippen molar-refractivity contribution in [2.75, 3.05) is 26.2 Å². The third-order valence-corrected chi connectivity index (χ3v) is 5.78. The molecule has 10 heteroatoms. The van der Waals surface area contributed by atoms with Crippen LogP contribution in [0.5, 0.6) is 0 Å². The van der Waals surface area contributed by atoms with Gasteiger partial charge >= 0.3 is 6.03 Å². The molecule has 1 heterocycles. The van der Waals surface area contributed by atoms with Gasteiger partial charge in [0.05, 0.1) is 11.5 Å². The number of urea groups is 1. The Morgan fingerprint density at radius 2 is 1.68 bits per heavy atom. The fourth-order valence-electron chi connectivity index (χ4n) is 3.77. The highest BCUT2D eigenvalue weighted by Gasteiger charge is 2.24. The van der Waals surface area contributed by atoms with Crippen molar-refractivity contribution in [3.05, 3.63) is 106 Å². The minimum absolute atomic E-state index is 0.0563. The Bertz CT molecular complexity index is 1140. The van der Waals surface area contributed by atoms with Gasteiger partial charge in [-0.1, -0.05) is 48.5 Å². The first kappa shape index (κ1) is 27.3. The van der Waals surface area contributed by atoms with E-state index in [1.54, 1.807) is 18.3 Å². The fourth-order valence-corrected chi connectivity index (χ4v) is 3.77. The molecule has 194 valence electrons. The first-order valence-corrected chi connectivity index (χ1v) is 12.1. The van der Waals surface area contributed by atoms with Crippen LogP contribution < -0.4 is 10.6 Å². The molecule has 0 saturated carbocycles. The Morgan fingerprint density at radius 3 is 2.32 bits per heavy atom. The molecule has 3 rings (SSSR count). The number of nitro benzene ring substituents is 1. The molecule has 0 unspecified atom stereocenters. The topological polar surface area (TPSA) is 138 Å². The quantitative estimate of drug-likeness (QED) is 0.241. The summed E-state index contributed by atoms with van der Waals surface area (Å²) in [4.78, 5) is 42.4. The highest BCUT2D eigenvalue weighted by molar-refractivity contribution is 5.87. The molecule has 0 radical (unpaired) electrons. The standard InChI is InChI=1S/C27H31N5O5/c33-19-18-31(17-14-21-6-2-1-3-7-21)27(35)30-25(20-22-9-11-24(12-10-22)32(36)37)26(34)29-16-13-23-8-4-5-15-28-23/h1-12,15,25,33H,13-14,16-20H2,(H,29,34)(H,30,35)/t25-/m0/s1. The van der Waals surface area contributed by atoms with Crippen LogP contribution in [0.25, 0.3) is 0 Å². The van der Waals surface area contributed by atoms with Crippen LogP contribution in [0, 0.1) is 10.1 Å². The molecular formula is C27H31N5O5. The van der Waals surface area contributed by atoms with Gasteiger partial charge in [-0.05, 0) is 29.7 Å². The number of hydrogen-bond acceptors (Lipinski definition) is 6. The number of nitrogens with zero attached hydrogens (tertiary/aromatic N) is 3. The number of pyridine rings is 1. The number of nitrogens with one attached hydrogen (secondary N) is 2. The molecule has 1 aromatic heterocycles. The molecule has 0 aliphatic heterocycles. The molecule has 37 heavy (non-hydrogen) atoms. The summed E-state index contributed by atoms with van der Waals surface area (Å²) in [5, 5.41) is 26.1. The van der Waals surface area contributed by atoms with Gasteiger partial charge in [-0.15, -0.1) is 0 Å². The molecule has 0 fully saturated rings. The second kappa shape index (κ2) is 14.3. The lowest BCUT2D eigenvalue weighted by Crippen LogP contribution is -2.53. The molecule has 3 aromatic rings. The molecule has 10 nitrogen and oxygen atoms in total. The van der Waals surface area contributed by atoms with Crippen molar-refractivity contribution in [3.63, 3.8) is 0 Å². The Morgan fingerprint density at radius 1 is 0.946 bits per heavy atom. The maximum absolute atomic E-state index is 13.1. The van der Waals surface area contributed by atoms with Crippen LogP contribution in [0.15, 0.2) is 79.0 Å². The van der Waals surface area contributed by atoms with Crippen LogP contribution >= 0.6 is 0 Å². The first-order chi connectivity index (χ1) is 18.0. The molecule has 0 aliphatic carbocycles. The minimum atomic E-state index is -0.921. The number of aliphatic hydroxyl groups is 1. The third-order valence-electron chi connectivity index (χ3n) is 5.78. The van der Waals surface area contributed by atoms with Gasteiger partial charge in [-0.25, -0.2) is 4.79 Å². The third kappa shape index (κ3) is 9.01.